The maximum Gasteiger partial charge on any atom is 1.00 e. The van der Waals surface area contributed by atoms with Crippen molar-refractivity contribution in [3.8, 4) is 5.75 Å². The predicted molar refractivity (Wildman–Crippen MR) is 73.7 cm³/mol. The van der Waals surface area contributed by atoms with Crippen molar-refractivity contribution in [3.63, 3.8) is 0 Å². The summed E-state index contributed by atoms with van der Waals surface area (Å²) in [6.45, 7) is -5.06. The van der Waals surface area contributed by atoms with Crippen LogP contribution in [0, 0.1) is 0 Å². The Morgan fingerprint density at radius 3 is 2.43 bits per heavy atom. The minimum Gasteiger partial charge on any atom is -0.487 e. The van der Waals surface area contributed by atoms with Gasteiger partial charge in [0.15, 0.2) is 0 Å². The molecule has 0 radical (unpaired) electrons. The number of pyridine rings is 1. The third kappa shape index (κ3) is 5.74. The van der Waals surface area contributed by atoms with Gasteiger partial charge in [0, 0.05) is 21.8 Å². The Bertz CT molecular complexity index is 628. The van der Waals surface area contributed by atoms with Gasteiger partial charge in [-0.05, 0) is 18.2 Å². The molecule has 0 spiro atoms. The first kappa shape index (κ1) is 19.3. The quantitative estimate of drug-likeness (QED) is 0.760. The Labute approximate surface area is 172 Å². The van der Waals surface area contributed by atoms with Crippen molar-refractivity contribution < 1.29 is 69.1 Å². The molecule has 0 N–H and O–H groups in total. The van der Waals surface area contributed by atoms with E-state index in [1.807, 2.05) is 0 Å². The summed E-state index contributed by atoms with van der Waals surface area (Å²) in [6.07, 6.45) is 1.98. The molecule has 2 aromatic rings. The number of hydrogen-bond donors (Lipinski definition) is 0. The van der Waals surface area contributed by atoms with E-state index in [9.17, 15) is 12.9 Å². The molecule has 0 aliphatic carbocycles. The van der Waals surface area contributed by atoms with Gasteiger partial charge in [0.05, 0.1) is 6.20 Å². The van der Waals surface area contributed by atoms with E-state index >= 15 is 0 Å². The van der Waals surface area contributed by atoms with Crippen molar-refractivity contribution >= 4 is 35.6 Å². The molecule has 1 heterocycles. The van der Waals surface area contributed by atoms with Gasteiger partial charge in [0.2, 0.25) is 0 Å². The fraction of sp³-hybridized carbons (Fsp3) is 0.0833. The van der Waals surface area contributed by atoms with Crippen molar-refractivity contribution in [2.75, 3.05) is 0 Å². The largest absolute Gasteiger partial charge is 1.00 e. The number of benzene rings is 1. The van der Waals surface area contributed by atoms with E-state index in [0.29, 0.717) is 15.6 Å². The van der Waals surface area contributed by atoms with Crippen LogP contribution in [0.2, 0.25) is 10.0 Å². The molecule has 1 aromatic carbocycles. The van der Waals surface area contributed by atoms with Gasteiger partial charge in [-0.25, -0.2) is 0 Å². The van der Waals surface area contributed by atoms with Gasteiger partial charge in [-0.1, -0.05) is 34.7 Å². The zero-order chi connectivity index (χ0) is 14.8. The van der Waals surface area contributed by atoms with Gasteiger partial charge in [-0.3, -0.25) is 4.98 Å². The van der Waals surface area contributed by atoms with Crippen LogP contribution in [0.15, 0.2) is 36.7 Å². The second-order valence-electron chi connectivity index (χ2n) is 4.05. The van der Waals surface area contributed by atoms with Crippen LogP contribution >= 0.6 is 23.2 Å². The molecule has 0 aliphatic heterocycles. The maximum atomic E-state index is 12.6. The van der Waals surface area contributed by atoms with Crippen molar-refractivity contribution in [2.24, 2.45) is 0 Å². The van der Waals surface area contributed by atoms with E-state index in [-0.39, 0.29) is 63.7 Å². The topological polar surface area (TPSA) is 22.1 Å². The normalized spacial score (nSPS) is 10.9. The van der Waals surface area contributed by atoms with E-state index in [4.69, 9.17) is 27.9 Å². The van der Waals surface area contributed by atoms with Crippen molar-refractivity contribution in [1.29, 1.82) is 0 Å². The molecule has 0 aliphatic rings. The molecule has 2 rings (SSSR count). The third-order valence-electron chi connectivity index (χ3n) is 2.52. The summed E-state index contributed by atoms with van der Waals surface area (Å²) in [6, 6.07) is 5.72. The second-order valence-corrected chi connectivity index (χ2v) is 4.90. The zero-order valence-corrected chi connectivity index (χ0v) is 15.6. The summed E-state index contributed by atoms with van der Waals surface area (Å²) < 4.78 is 43.0. The van der Waals surface area contributed by atoms with Gasteiger partial charge in [-0.2, -0.15) is 0 Å². The minimum atomic E-state index is -5.09. The van der Waals surface area contributed by atoms with Crippen LogP contribution in [0.1, 0.15) is 5.56 Å². The molecule has 0 saturated carbocycles. The average Bonchev–Trinajstić information content (AvgIpc) is 2.37. The van der Waals surface area contributed by atoms with Crippen molar-refractivity contribution in [2.45, 2.75) is 6.61 Å². The molecule has 106 valence electrons. The average molecular weight is 360 g/mol. The van der Waals surface area contributed by atoms with Crippen LogP contribution in [-0.4, -0.2) is 12.0 Å². The van der Waals surface area contributed by atoms with Gasteiger partial charge < -0.3 is 17.7 Å². The monoisotopic (exact) mass is 359 g/mol. The first-order valence-corrected chi connectivity index (χ1v) is 6.33. The molecule has 1 aromatic heterocycles. The fourth-order valence-corrected chi connectivity index (χ4v) is 1.96. The SMILES string of the molecule is F[B-](F)(F)c1cncc(OCc2ccc(Cl)cc2Cl)c1.[K+]. The first-order chi connectivity index (χ1) is 9.36. The Morgan fingerprint density at radius 2 is 1.81 bits per heavy atom. The van der Waals surface area contributed by atoms with Gasteiger partial charge in [-0.15, -0.1) is 0 Å². The predicted octanol–water partition coefficient (Wildman–Crippen LogP) is 1.03. The smallest absolute Gasteiger partial charge is 0.487 e. The number of rotatable bonds is 4. The Morgan fingerprint density at radius 1 is 1.10 bits per heavy atom. The molecule has 21 heavy (non-hydrogen) atoms. The number of ether oxygens (including phenoxy) is 1. The molecular weight excluding hydrogens is 352 g/mol. The van der Waals surface area contributed by atoms with E-state index in [2.05, 4.69) is 4.98 Å². The number of halogens is 5. The van der Waals surface area contributed by atoms with Crippen molar-refractivity contribution in [1.82, 2.24) is 4.98 Å². The third-order valence-corrected chi connectivity index (χ3v) is 3.11. The summed E-state index contributed by atoms with van der Waals surface area (Å²) in [5.74, 6) is 0.0349. The number of hydrogen-bond acceptors (Lipinski definition) is 2. The van der Waals surface area contributed by atoms with E-state index in [1.54, 1.807) is 12.1 Å². The summed E-state index contributed by atoms with van der Waals surface area (Å²) in [7, 11) is 0. The second kappa shape index (κ2) is 8.19. The summed E-state index contributed by atoms with van der Waals surface area (Å²) in [5, 5.41) is 0.865. The molecule has 0 saturated heterocycles. The molecule has 2 nitrogen and oxygen atoms in total. The maximum absolute atomic E-state index is 12.6. The Kier molecular flexibility index (Phi) is 7.53. The van der Waals surface area contributed by atoms with Gasteiger partial charge in [0.25, 0.3) is 0 Å². The van der Waals surface area contributed by atoms with Crippen LogP contribution in [0.5, 0.6) is 5.75 Å². The fourth-order valence-electron chi connectivity index (χ4n) is 1.49. The molecule has 0 bridgehead atoms. The minimum absolute atomic E-state index is 0. The summed E-state index contributed by atoms with van der Waals surface area (Å²) in [5.41, 5.74) is -0.177. The Balaban J connectivity index is 0.00000220. The van der Waals surface area contributed by atoms with Crippen LogP contribution in [-0.2, 0) is 6.61 Å². The summed E-state index contributed by atoms with van der Waals surface area (Å²) in [4.78, 5) is 3.52. The number of aromatic nitrogens is 1. The molecule has 0 unspecified atom stereocenters. The molecular formula is C12H8BCl2F3KNO. The molecule has 0 atom stereocenters. The standard InChI is InChI=1S/C12H8BCl2F3NO.K/c14-10-2-1-8(12(15)4-10)7-20-11-3-9(5-19-6-11)13(16,17)18;/h1-6H,7H2;/q-1;+1. The van der Waals surface area contributed by atoms with E-state index in [0.717, 1.165) is 12.3 Å². The van der Waals surface area contributed by atoms with Crippen LogP contribution < -0.4 is 61.6 Å². The number of nitrogens with zero attached hydrogens (tertiary/aromatic N) is 1. The van der Waals surface area contributed by atoms with Gasteiger partial charge >= 0.3 is 58.4 Å². The van der Waals surface area contributed by atoms with E-state index < -0.39 is 12.4 Å². The van der Waals surface area contributed by atoms with Crippen LogP contribution in [0.25, 0.3) is 0 Å². The van der Waals surface area contributed by atoms with Crippen molar-refractivity contribution in [3.05, 3.63) is 52.3 Å². The van der Waals surface area contributed by atoms with Crippen LogP contribution in [0.4, 0.5) is 12.9 Å². The molecule has 0 amide bonds. The summed E-state index contributed by atoms with van der Waals surface area (Å²) >= 11 is 11.7. The molecule has 0 fully saturated rings. The van der Waals surface area contributed by atoms with Gasteiger partial charge in [0.1, 0.15) is 12.4 Å². The van der Waals surface area contributed by atoms with E-state index in [1.165, 1.54) is 12.3 Å². The Hall–Kier alpha value is 0.241. The zero-order valence-electron chi connectivity index (χ0n) is 11.0. The van der Waals surface area contributed by atoms with Crippen LogP contribution in [0.3, 0.4) is 0 Å². The first-order valence-electron chi connectivity index (χ1n) is 5.58. The molecule has 9 heteroatoms.